The van der Waals surface area contributed by atoms with Gasteiger partial charge in [-0.2, -0.15) is 0 Å². The summed E-state index contributed by atoms with van der Waals surface area (Å²) in [6, 6.07) is 14.3. The summed E-state index contributed by atoms with van der Waals surface area (Å²) in [6.45, 7) is 3.81. The molecule has 6 heteroatoms. The van der Waals surface area contributed by atoms with Crippen molar-refractivity contribution in [3.05, 3.63) is 65.1 Å². The maximum Gasteiger partial charge on any atom is 0.258 e. The number of nitrogens with zero attached hydrogens (tertiary/aromatic N) is 1. The summed E-state index contributed by atoms with van der Waals surface area (Å²) in [6.07, 6.45) is 1.67. The van der Waals surface area contributed by atoms with E-state index in [-0.39, 0.29) is 24.1 Å². The number of benzene rings is 2. The summed E-state index contributed by atoms with van der Waals surface area (Å²) in [4.78, 5) is 25.1. The Morgan fingerprint density at radius 3 is 2.67 bits per heavy atom. The number of ether oxygens (including phenoxy) is 2. The molecular weight excluding hydrogens is 344 g/mol. The van der Waals surface area contributed by atoms with Crippen LogP contribution in [-0.2, 0) is 11.3 Å². The Kier molecular flexibility index (Phi) is 5.45. The van der Waals surface area contributed by atoms with Crippen LogP contribution in [0.4, 0.5) is 5.69 Å². The van der Waals surface area contributed by atoms with Crippen LogP contribution in [0.1, 0.15) is 13.8 Å². The second-order valence-corrected chi connectivity index (χ2v) is 6.41. The average molecular weight is 366 g/mol. The van der Waals surface area contributed by atoms with Crippen LogP contribution < -0.4 is 20.3 Å². The molecule has 0 spiro atoms. The summed E-state index contributed by atoms with van der Waals surface area (Å²) in [5, 5.41) is 4.09. The highest BCUT2D eigenvalue weighted by atomic mass is 16.5. The van der Waals surface area contributed by atoms with Gasteiger partial charge in [0.15, 0.2) is 0 Å². The molecule has 2 aromatic carbocycles. The molecule has 0 saturated carbocycles. The highest BCUT2D eigenvalue weighted by molar-refractivity contribution is 5.92. The Labute approximate surface area is 157 Å². The molecule has 140 valence electrons. The van der Waals surface area contributed by atoms with Crippen LogP contribution in [0.5, 0.6) is 11.5 Å². The maximum atomic E-state index is 12.7. The molecule has 1 heterocycles. The third-order valence-corrected chi connectivity index (χ3v) is 4.02. The molecule has 0 unspecified atom stereocenters. The number of amides is 1. The van der Waals surface area contributed by atoms with E-state index in [2.05, 4.69) is 5.32 Å². The number of rotatable bonds is 6. The molecule has 0 aliphatic rings. The van der Waals surface area contributed by atoms with Crippen molar-refractivity contribution in [2.75, 3.05) is 12.4 Å². The molecule has 3 rings (SSSR count). The first-order chi connectivity index (χ1) is 13.0. The topological polar surface area (TPSA) is 69.6 Å². The van der Waals surface area contributed by atoms with Gasteiger partial charge in [-0.1, -0.05) is 12.1 Å². The molecule has 0 radical (unpaired) electrons. The molecule has 0 fully saturated rings. The fraction of sp³-hybridized carbons (Fsp3) is 0.238. The van der Waals surface area contributed by atoms with Crippen LogP contribution >= 0.6 is 0 Å². The van der Waals surface area contributed by atoms with Crippen molar-refractivity contribution in [3.63, 3.8) is 0 Å². The zero-order chi connectivity index (χ0) is 19.4. The van der Waals surface area contributed by atoms with Crippen LogP contribution in [0.2, 0.25) is 0 Å². The van der Waals surface area contributed by atoms with Gasteiger partial charge in [0.05, 0.1) is 18.9 Å². The predicted molar refractivity (Wildman–Crippen MR) is 106 cm³/mol. The molecule has 27 heavy (non-hydrogen) atoms. The lowest BCUT2D eigenvalue weighted by Gasteiger charge is -2.12. The highest BCUT2D eigenvalue weighted by Gasteiger charge is 2.10. The normalized spacial score (nSPS) is 10.8. The Morgan fingerprint density at radius 2 is 1.93 bits per heavy atom. The van der Waals surface area contributed by atoms with E-state index in [0.29, 0.717) is 22.6 Å². The van der Waals surface area contributed by atoms with Gasteiger partial charge < -0.3 is 19.4 Å². The van der Waals surface area contributed by atoms with Crippen LogP contribution in [0, 0.1) is 0 Å². The van der Waals surface area contributed by atoms with Crippen molar-refractivity contribution in [2.45, 2.75) is 26.5 Å². The molecule has 6 nitrogen and oxygen atoms in total. The average Bonchev–Trinajstić information content (AvgIpc) is 2.64. The van der Waals surface area contributed by atoms with Gasteiger partial charge in [0.1, 0.15) is 18.0 Å². The number of pyridine rings is 1. The van der Waals surface area contributed by atoms with Crippen molar-refractivity contribution in [1.29, 1.82) is 0 Å². The van der Waals surface area contributed by atoms with Crippen LogP contribution in [0.3, 0.4) is 0 Å². The molecule has 3 aromatic rings. The summed E-state index contributed by atoms with van der Waals surface area (Å²) in [5.74, 6) is 0.971. The van der Waals surface area contributed by atoms with E-state index >= 15 is 0 Å². The van der Waals surface area contributed by atoms with Gasteiger partial charge in [0.2, 0.25) is 5.91 Å². The summed E-state index contributed by atoms with van der Waals surface area (Å²) in [7, 11) is 1.54. The number of anilines is 1. The monoisotopic (exact) mass is 366 g/mol. The van der Waals surface area contributed by atoms with Gasteiger partial charge >= 0.3 is 0 Å². The van der Waals surface area contributed by atoms with Gasteiger partial charge in [-0.05, 0) is 55.6 Å². The number of para-hydroxylation sites is 2. The van der Waals surface area contributed by atoms with Crippen LogP contribution in [-0.4, -0.2) is 23.7 Å². The van der Waals surface area contributed by atoms with Gasteiger partial charge in [-0.25, -0.2) is 0 Å². The Bertz CT molecular complexity index is 1020. The summed E-state index contributed by atoms with van der Waals surface area (Å²) >= 11 is 0. The number of methoxy groups -OCH3 is 1. The number of hydrogen-bond acceptors (Lipinski definition) is 4. The molecule has 0 saturated heterocycles. The number of aromatic nitrogens is 1. The van der Waals surface area contributed by atoms with Crippen molar-refractivity contribution >= 4 is 22.4 Å². The van der Waals surface area contributed by atoms with Crippen LogP contribution in [0.15, 0.2) is 59.5 Å². The third kappa shape index (κ3) is 4.28. The van der Waals surface area contributed by atoms with E-state index < -0.39 is 0 Å². The number of nitrogens with one attached hydrogen (secondary N) is 1. The molecule has 0 aliphatic heterocycles. The minimum absolute atomic E-state index is 0.0569. The first kappa shape index (κ1) is 18.5. The van der Waals surface area contributed by atoms with Gasteiger partial charge in [0.25, 0.3) is 5.56 Å². The number of carbonyl (C=O) groups excluding carboxylic acids is 1. The largest absolute Gasteiger partial charge is 0.495 e. The van der Waals surface area contributed by atoms with Crippen molar-refractivity contribution < 1.29 is 14.3 Å². The van der Waals surface area contributed by atoms with Gasteiger partial charge in [-0.3, -0.25) is 9.59 Å². The fourth-order valence-corrected chi connectivity index (χ4v) is 2.83. The second kappa shape index (κ2) is 7.95. The smallest absolute Gasteiger partial charge is 0.258 e. The quantitative estimate of drug-likeness (QED) is 0.726. The Balaban J connectivity index is 1.81. The first-order valence-electron chi connectivity index (χ1n) is 8.70. The number of carbonyl (C=O) groups is 1. The third-order valence-electron chi connectivity index (χ3n) is 4.02. The predicted octanol–water partition coefficient (Wildman–Crippen LogP) is 3.44. The minimum atomic E-state index is -0.305. The minimum Gasteiger partial charge on any atom is -0.495 e. The molecule has 0 atom stereocenters. The van der Waals surface area contributed by atoms with Crippen molar-refractivity contribution in [3.8, 4) is 11.5 Å². The van der Waals surface area contributed by atoms with E-state index in [9.17, 15) is 9.59 Å². The zero-order valence-electron chi connectivity index (χ0n) is 15.6. The van der Waals surface area contributed by atoms with Crippen LogP contribution in [0.25, 0.3) is 10.8 Å². The summed E-state index contributed by atoms with van der Waals surface area (Å²) < 4.78 is 12.3. The second-order valence-electron chi connectivity index (χ2n) is 6.41. The van der Waals surface area contributed by atoms with E-state index in [1.54, 1.807) is 42.6 Å². The summed E-state index contributed by atoms with van der Waals surface area (Å²) in [5.41, 5.74) is 0.341. The lowest BCUT2D eigenvalue weighted by atomic mass is 10.1. The van der Waals surface area contributed by atoms with Crippen molar-refractivity contribution in [1.82, 2.24) is 4.57 Å². The maximum absolute atomic E-state index is 12.7. The molecule has 0 aliphatic carbocycles. The molecule has 1 aromatic heterocycles. The fourth-order valence-electron chi connectivity index (χ4n) is 2.83. The van der Waals surface area contributed by atoms with Gasteiger partial charge in [0, 0.05) is 11.6 Å². The lowest BCUT2D eigenvalue weighted by Crippen LogP contribution is -2.27. The van der Waals surface area contributed by atoms with E-state index in [4.69, 9.17) is 9.47 Å². The Morgan fingerprint density at radius 1 is 1.15 bits per heavy atom. The molecule has 0 bridgehead atoms. The zero-order valence-corrected chi connectivity index (χ0v) is 15.6. The first-order valence-corrected chi connectivity index (χ1v) is 8.70. The van der Waals surface area contributed by atoms with E-state index in [1.807, 2.05) is 26.0 Å². The van der Waals surface area contributed by atoms with E-state index in [1.165, 1.54) is 11.7 Å². The standard InChI is InChI=1S/C21H22N2O4/c1-14(2)27-16-8-9-17-15(12-16)10-11-23(21(17)25)13-20(24)22-18-6-4-5-7-19(18)26-3/h4-12,14H,13H2,1-3H3,(H,22,24). The SMILES string of the molecule is COc1ccccc1NC(=O)Cn1ccc2cc(OC(C)C)ccc2c1=O. The number of fused-ring (bicyclic) bond motifs is 1. The highest BCUT2D eigenvalue weighted by Crippen LogP contribution is 2.23. The Hall–Kier alpha value is -3.28. The lowest BCUT2D eigenvalue weighted by molar-refractivity contribution is -0.116. The van der Waals surface area contributed by atoms with Gasteiger partial charge in [-0.15, -0.1) is 0 Å². The molecule has 1 N–H and O–H groups in total. The number of hydrogen-bond donors (Lipinski definition) is 1. The molecule has 1 amide bonds. The molecular formula is C21H22N2O4. The van der Waals surface area contributed by atoms with Crippen molar-refractivity contribution in [2.24, 2.45) is 0 Å². The van der Waals surface area contributed by atoms with E-state index in [0.717, 1.165) is 5.39 Å².